The van der Waals surface area contributed by atoms with Crippen LogP contribution in [0, 0.1) is 0 Å². The quantitative estimate of drug-likeness (QED) is 0.708. The number of rotatable bonds is 3. The van der Waals surface area contributed by atoms with Gasteiger partial charge in [-0.25, -0.2) is 9.97 Å². The highest BCUT2D eigenvalue weighted by atomic mass is 19.4. The van der Waals surface area contributed by atoms with E-state index in [1.54, 1.807) is 18.2 Å². The first-order chi connectivity index (χ1) is 13.4. The molecule has 1 aliphatic rings. The average Bonchev–Trinajstić information content (AvgIpc) is 2.81. The highest BCUT2D eigenvalue weighted by Crippen LogP contribution is 2.34. The summed E-state index contributed by atoms with van der Waals surface area (Å²) in [5.74, 6) is 0.0227. The van der Waals surface area contributed by atoms with Gasteiger partial charge in [0.25, 0.3) is 0 Å². The number of nitrogens with one attached hydrogen (secondary N) is 2. The number of nitrogens with zero attached hydrogens (tertiary/aromatic N) is 2. The van der Waals surface area contributed by atoms with E-state index in [0.717, 1.165) is 11.6 Å². The van der Waals surface area contributed by atoms with Gasteiger partial charge in [0.15, 0.2) is 0 Å². The van der Waals surface area contributed by atoms with E-state index in [1.807, 2.05) is 12.1 Å². The van der Waals surface area contributed by atoms with Crippen LogP contribution in [0.15, 0.2) is 54.7 Å². The van der Waals surface area contributed by atoms with Crippen molar-refractivity contribution in [1.29, 1.82) is 0 Å². The second-order valence-electron chi connectivity index (χ2n) is 6.35. The lowest BCUT2D eigenvalue weighted by molar-refractivity contribution is -0.138. The van der Waals surface area contributed by atoms with Gasteiger partial charge in [0.05, 0.1) is 23.4 Å². The second-order valence-corrected chi connectivity index (χ2v) is 6.35. The maximum absolute atomic E-state index is 13.1. The maximum atomic E-state index is 13.1. The highest BCUT2D eigenvalue weighted by molar-refractivity contribution is 5.99. The Morgan fingerprint density at radius 2 is 1.82 bits per heavy atom. The first kappa shape index (κ1) is 18.0. The molecule has 0 fully saturated rings. The normalized spacial score (nSPS) is 13.2. The molecule has 142 valence electrons. The molecule has 0 unspecified atom stereocenters. The van der Waals surface area contributed by atoms with Crippen LogP contribution in [0.2, 0.25) is 0 Å². The largest absolute Gasteiger partial charge is 0.416 e. The molecule has 5 nitrogen and oxygen atoms in total. The van der Waals surface area contributed by atoms with Gasteiger partial charge in [0.2, 0.25) is 11.9 Å². The summed E-state index contributed by atoms with van der Waals surface area (Å²) < 4.78 is 39.4. The Morgan fingerprint density at radius 1 is 1.07 bits per heavy atom. The number of alkyl halides is 3. The minimum Gasteiger partial charge on any atom is -0.350 e. The number of halogens is 3. The summed E-state index contributed by atoms with van der Waals surface area (Å²) in [5, 5.41) is 5.68. The summed E-state index contributed by atoms with van der Waals surface area (Å²) in [6.45, 7) is -0.0761. The summed E-state index contributed by atoms with van der Waals surface area (Å²) >= 11 is 0. The van der Waals surface area contributed by atoms with E-state index < -0.39 is 11.7 Å². The standard InChI is InChI=1S/C20H15F3N4O/c21-20(22,23)15-7-3-1-5-12(15)10-24-19-25-11-13-9-17(28)26-16-8-4-2-6-14(16)18(13)27-19/h1-8,11H,9-10H2,(H,26,28)(H,24,25,27). The monoisotopic (exact) mass is 384 g/mol. The van der Waals surface area contributed by atoms with Crippen molar-refractivity contribution >= 4 is 17.5 Å². The van der Waals surface area contributed by atoms with E-state index in [1.165, 1.54) is 18.3 Å². The molecule has 1 amide bonds. The number of carbonyl (C=O) groups excluding carboxylic acids is 1. The Labute approximate surface area is 158 Å². The van der Waals surface area contributed by atoms with E-state index >= 15 is 0 Å². The zero-order chi connectivity index (χ0) is 19.7. The second kappa shape index (κ2) is 6.95. The van der Waals surface area contributed by atoms with E-state index in [0.29, 0.717) is 16.9 Å². The van der Waals surface area contributed by atoms with Crippen LogP contribution in [0.25, 0.3) is 11.3 Å². The van der Waals surface area contributed by atoms with Crippen LogP contribution in [-0.4, -0.2) is 15.9 Å². The molecule has 0 saturated carbocycles. The number of hydrogen-bond donors (Lipinski definition) is 2. The third-order valence-corrected chi connectivity index (χ3v) is 4.43. The van der Waals surface area contributed by atoms with Gasteiger partial charge < -0.3 is 10.6 Å². The smallest absolute Gasteiger partial charge is 0.350 e. The molecule has 1 aromatic heterocycles. The topological polar surface area (TPSA) is 66.9 Å². The Hall–Kier alpha value is -3.42. The molecule has 0 bridgehead atoms. The fourth-order valence-corrected chi connectivity index (χ4v) is 3.15. The van der Waals surface area contributed by atoms with E-state index in [4.69, 9.17) is 0 Å². The number of carbonyl (C=O) groups is 1. The van der Waals surface area contributed by atoms with Crippen molar-refractivity contribution in [2.24, 2.45) is 0 Å². The van der Waals surface area contributed by atoms with Crippen LogP contribution in [0.5, 0.6) is 0 Å². The van der Waals surface area contributed by atoms with Crippen molar-refractivity contribution in [2.75, 3.05) is 10.6 Å². The predicted octanol–water partition coefficient (Wildman–Crippen LogP) is 4.27. The summed E-state index contributed by atoms with van der Waals surface area (Å²) in [5.41, 5.74) is 2.02. The zero-order valence-electron chi connectivity index (χ0n) is 14.5. The fraction of sp³-hybridized carbons (Fsp3) is 0.150. The zero-order valence-corrected chi connectivity index (χ0v) is 14.5. The summed E-state index contributed by atoms with van der Waals surface area (Å²) in [4.78, 5) is 20.7. The van der Waals surface area contributed by atoms with Crippen LogP contribution in [0.3, 0.4) is 0 Å². The van der Waals surface area contributed by atoms with Gasteiger partial charge in [-0.3, -0.25) is 4.79 Å². The van der Waals surface area contributed by atoms with Crippen molar-refractivity contribution < 1.29 is 18.0 Å². The number of para-hydroxylation sites is 1. The lowest BCUT2D eigenvalue weighted by atomic mass is 10.1. The molecule has 0 atom stereocenters. The molecule has 2 heterocycles. The van der Waals surface area contributed by atoms with Gasteiger partial charge in [-0.15, -0.1) is 0 Å². The van der Waals surface area contributed by atoms with Crippen LogP contribution < -0.4 is 10.6 Å². The van der Waals surface area contributed by atoms with Crippen molar-refractivity contribution in [2.45, 2.75) is 19.1 Å². The van der Waals surface area contributed by atoms with Crippen LogP contribution >= 0.6 is 0 Å². The number of aromatic nitrogens is 2. The average molecular weight is 384 g/mol. The Kier molecular flexibility index (Phi) is 4.46. The van der Waals surface area contributed by atoms with E-state index in [9.17, 15) is 18.0 Å². The number of fused-ring (bicyclic) bond motifs is 3. The molecule has 0 saturated heterocycles. The third-order valence-electron chi connectivity index (χ3n) is 4.43. The Morgan fingerprint density at radius 3 is 2.64 bits per heavy atom. The summed E-state index contributed by atoms with van der Waals surface area (Å²) in [6, 6.07) is 12.6. The molecule has 3 aromatic rings. The van der Waals surface area contributed by atoms with Crippen molar-refractivity contribution in [3.63, 3.8) is 0 Å². The summed E-state index contributed by atoms with van der Waals surface area (Å²) in [6.07, 6.45) is -2.78. The van der Waals surface area contributed by atoms with Crippen LogP contribution in [-0.2, 0) is 23.9 Å². The first-order valence-corrected chi connectivity index (χ1v) is 8.56. The lowest BCUT2D eigenvalue weighted by Gasteiger charge is -2.14. The number of amides is 1. The highest BCUT2D eigenvalue weighted by Gasteiger charge is 2.32. The fourth-order valence-electron chi connectivity index (χ4n) is 3.15. The van der Waals surface area contributed by atoms with Crippen molar-refractivity contribution in [1.82, 2.24) is 9.97 Å². The molecule has 28 heavy (non-hydrogen) atoms. The van der Waals surface area contributed by atoms with Gasteiger partial charge in [-0.2, -0.15) is 13.2 Å². The number of anilines is 2. The molecule has 0 spiro atoms. The Balaban J connectivity index is 1.65. The molecular weight excluding hydrogens is 369 g/mol. The van der Waals surface area contributed by atoms with Gasteiger partial charge in [-0.1, -0.05) is 36.4 Å². The molecule has 2 aromatic carbocycles. The molecule has 1 aliphatic heterocycles. The molecule has 8 heteroatoms. The predicted molar refractivity (Wildman–Crippen MR) is 98.6 cm³/mol. The van der Waals surface area contributed by atoms with Gasteiger partial charge in [0, 0.05) is 23.9 Å². The summed E-state index contributed by atoms with van der Waals surface area (Å²) in [7, 11) is 0. The molecular formula is C20H15F3N4O. The minimum absolute atomic E-state index is 0.0761. The van der Waals surface area contributed by atoms with Gasteiger partial charge in [0.1, 0.15) is 0 Å². The van der Waals surface area contributed by atoms with Gasteiger partial charge in [-0.05, 0) is 17.7 Å². The van der Waals surface area contributed by atoms with Crippen molar-refractivity contribution in [3.05, 3.63) is 71.4 Å². The first-order valence-electron chi connectivity index (χ1n) is 8.56. The van der Waals surface area contributed by atoms with E-state index in [2.05, 4.69) is 20.6 Å². The third kappa shape index (κ3) is 3.53. The molecule has 0 aliphatic carbocycles. The lowest BCUT2D eigenvalue weighted by Crippen LogP contribution is -2.13. The van der Waals surface area contributed by atoms with Gasteiger partial charge >= 0.3 is 6.18 Å². The van der Waals surface area contributed by atoms with E-state index in [-0.39, 0.29) is 30.4 Å². The number of hydrogen-bond acceptors (Lipinski definition) is 4. The Bertz CT molecular complexity index is 1050. The maximum Gasteiger partial charge on any atom is 0.416 e. The van der Waals surface area contributed by atoms with Crippen molar-refractivity contribution in [3.8, 4) is 11.3 Å². The van der Waals surface area contributed by atoms with Crippen LogP contribution in [0.1, 0.15) is 16.7 Å². The molecule has 2 N–H and O–H groups in total. The minimum atomic E-state index is -4.43. The SMILES string of the molecule is O=C1Cc2cnc(NCc3ccccc3C(F)(F)F)nc2-c2ccccc2N1. The molecule has 0 radical (unpaired) electrons. The molecule has 4 rings (SSSR count). The number of benzene rings is 2. The van der Waals surface area contributed by atoms with Crippen LogP contribution in [0.4, 0.5) is 24.8 Å².